The van der Waals surface area contributed by atoms with Gasteiger partial charge in [0.05, 0.1) is 11.3 Å². The number of benzene rings is 1. The van der Waals surface area contributed by atoms with E-state index in [0.29, 0.717) is 22.4 Å². The molecule has 1 aromatic carbocycles. The monoisotopic (exact) mass is 295 g/mol. The molecule has 0 aliphatic heterocycles. The molecule has 0 spiro atoms. The van der Waals surface area contributed by atoms with Crippen LogP contribution in [-0.4, -0.2) is 15.7 Å². The minimum Gasteiger partial charge on any atom is -0.348 e. The van der Waals surface area contributed by atoms with E-state index in [1.165, 1.54) is 10.7 Å². The van der Waals surface area contributed by atoms with Gasteiger partial charge in [0.2, 0.25) is 0 Å². The van der Waals surface area contributed by atoms with Gasteiger partial charge in [0.25, 0.3) is 5.91 Å². The Morgan fingerprint density at radius 2 is 2.15 bits per heavy atom. The first-order valence-electron chi connectivity index (χ1n) is 6.12. The van der Waals surface area contributed by atoms with Crippen molar-refractivity contribution >= 4 is 17.5 Å². The highest BCUT2D eigenvalue weighted by Crippen LogP contribution is 2.18. The van der Waals surface area contributed by atoms with E-state index in [1.54, 1.807) is 33.0 Å². The SMILES string of the molecule is Cc1ccc(CNC(=O)c2c(C)nn(C)c2Cl)cc1F. The number of nitrogens with zero attached hydrogens (tertiary/aromatic N) is 2. The van der Waals surface area contributed by atoms with Crippen LogP contribution >= 0.6 is 11.6 Å². The van der Waals surface area contributed by atoms with E-state index in [4.69, 9.17) is 11.6 Å². The number of halogens is 2. The van der Waals surface area contributed by atoms with Gasteiger partial charge in [-0.05, 0) is 31.0 Å². The molecule has 0 saturated heterocycles. The van der Waals surface area contributed by atoms with Crippen LogP contribution in [-0.2, 0) is 13.6 Å². The van der Waals surface area contributed by atoms with Crippen LogP contribution in [0.1, 0.15) is 27.2 Å². The third kappa shape index (κ3) is 2.82. The summed E-state index contributed by atoms with van der Waals surface area (Å²) >= 11 is 6.02. The van der Waals surface area contributed by atoms with Gasteiger partial charge in [0.1, 0.15) is 11.0 Å². The second-order valence-electron chi connectivity index (χ2n) is 4.64. The molecule has 0 bridgehead atoms. The van der Waals surface area contributed by atoms with Crippen LogP contribution < -0.4 is 5.32 Å². The Balaban J connectivity index is 2.10. The number of hydrogen-bond donors (Lipinski definition) is 1. The predicted molar refractivity (Wildman–Crippen MR) is 75.3 cm³/mol. The summed E-state index contributed by atoms with van der Waals surface area (Å²) in [6.07, 6.45) is 0. The highest BCUT2D eigenvalue weighted by atomic mass is 35.5. The van der Waals surface area contributed by atoms with E-state index in [9.17, 15) is 9.18 Å². The molecular formula is C14H15ClFN3O. The Morgan fingerprint density at radius 1 is 1.45 bits per heavy atom. The number of carbonyl (C=O) groups excluding carboxylic acids is 1. The number of aryl methyl sites for hydroxylation is 3. The smallest absolute Gasteiger partial charge is 0.256 e. The van der Waals surface area contributed by atoms with Gasteiger partial charge in [0.15, 0.2) is 0 Å². The lowest BCUT2D eigenvalue weighted by Gasteiger charge is -2.06. The number of carbonyl (C=O) groups is 1. The average molecular weight is 296 g/mol. The molecule has 0 aliphatic rings. The molecule has 2 rings (SSSR count). The van der Waals surface area contributed by atoms with Crippen LogP contribution in [0.15, 0.2) is 18.2 Å². The zero-order chi connectivity index (χ0) is 14.9. The fourth-order valence-electron chi connectivity index (χ4n) is 1.91. The zero-order valence-electron chi connectivity index (χ0n) is 11.5. The van der Waals surface area contributed by atoms with Gasteiger partial charge in [0, 0.05) is 13.6 Å². The first kappa shape index (κ1) is 14.5. The Bertz CT molecular complexity index is 667. The summed E-state index contributed by atoms with van der Waals surface area (Å²) in [5, 5.41) is 7.08. The summed E-state index contributed by atoms with van der Waals surface area (Å²) in [6, 6.07) is 4.86. The zero-order valence-corrected chi connectivity index (χ0v) is 12.3. The summed E-state index contributed by atoms with van der Waals surface area (Å²) in [5.41, 5.74) is 2.18. The molecule has 0 aliphatic carbocycles. The van der Waals surface area contributed by atoms with Crippen LogP contribution in [0.2, 0.25) is 5.15 Å². The molecule has 1 aromatic heterocycles. The molecule has 1 amide bonds. The van der Waals surface area contributed by atoms with Gasteiger partial charge >= 0.3 is 0 Å². The summed E-state index contributed by atoms with van der Waals surface area (Å²) < 4.78 is 14.9. The van der Waals surface area contributed by atoms with Crippen molar-refractivity contribution in [1.29, 1.82) is 0 Å². The van der Waals surface area contributed by atoms with Crippen molar-refractivity contribution in [3.63, 3.8) is 0 Å². The number of nitrogens with one attached hydrogen (secondary N) is 1. The fraction of sp³-hybridized carbons (Fsp3) is 0.286. The van der Waals surface area contributed by atoms with Crippen LogP contribution in [0.25, 0.3) is 0 Å². The van der Waals surface area contributed by atoms with E-state index < -0.39 is 0 Å². The third-order valence-corrected chi connectivity index (χ3v) is 3.50. The average Bonchev–Trinajstić information content (AvgIpc) is 2.64. The third-order valence-electron chi connectivity index (χ3n) is 3.07. The van der Waals surface area contributed by atoms with Crippen LogP contribution in [0.5, 0.6) is 0 Å². The predicted octanol–water partition coefficient (Wildman–Crippen LogP) is 2.76. The van der Waals surface area contributed by atoms with Gasteiger partial charge in [-0.1, -0.05) is 23.7 Å². The number of rotatable bonds is 3. The van der Waals surface area contributed by atoms with Crippen LogP contribution in [0.3, 0.4) is 0 Å². The summed E-state index contributed by atoms with van der Waals surface area (Å²) in [4.78, 5) is 12.1. The minimum atomic E-state index is -0.318. The lowest BCUT2D eigenvalue weighted by molar-refractivity contribution is 0.0950. The Hall–Kier alpha value is -1.88. The number of hydrogen-bond acceptors (Lipinski definition) is 2. The molecule has 0 radical (unpaired) electrons. The maximum atomic E-state index is 13.4. The molecular weight excluding hydrogens is 281 g/mol. The highest BCUT2D eigenvalue weighted by Gasteiger charge is 2.18. The Kier molecular flexibility index (Phi) is 4.09. The fourth-order valence-corrected chi connectivity index (χ4v) is 2.17. The lowest BCUT2D eigenvalue weighted by atomic mass is 10.1. The first-order valence-corrected chi connectivity index (χ1v) is 6.50. The maximum absolute atomic E-state index is 13.4. The standard InChI is InChI=1S/C14H15ClFN3O/c1-8-4-5-10(6-11(8)16)7-17-14(20)12-9(2)18-19(3)13(12)15/h4-6H,7H2,1-3H3,(H,17,20). The van der Waals surface area contributed by atoms with Crippen molar-refractivity contribution in [3.05, 3.63) is 51.6 Å². The number of amides is 1. The van der Waals surface area contributed by atoms with Crippen molar-refractivity contribution < 1.29 is 9.18 Å². The topological polar surface area (TPSA) is 46.9 Å². The van der Waals surface area contributed by atoms with Crippen molar-refractivity contribution in [1.82, 2.24) is 15.1 Å². The van der Waals surface area contributed by atoms with Crippen molar-refractivity contribution in [2.24, 2.45) is 7.05 Å². The van der Waals surface area contributed by atoms with Gasteiger partial charge < -0.3 is 5.32 Å². The molecule has 0 saturated carbocycles. The molecule has 106 valence electrons. The maximum Gasteiger partial charge on any atom is 0.256 e. The van der Waals surface area contributed by atoms with E-state index in [0.717, 1.165) is 0 Å². The molecule has 1 heterocycles. The summed E-state index contributed by atoms with van der Waals surface area (Å²) in [5.74, 6) is -0.603. The van der Waals surface area contributed by atoms with Gasteiger partial charge in [-0.3, -0.25) is 9.48 Å². The lowest BCUT2D eigenvalue weighted by Crippen LogP contribution is -2.23. The van der Waals surface area contributed by atoms with E-state index in [-0.39, 0.29) is 23.4 Å². The molecule has 4 nitrogen and oxygen atoms in total. The van der Waals surface area contributed by atoms with Crippen LogP contribution in [0.4, 0.5) is 4.39 Å². The molecule has 0 unspecified atom stereocenters. The first-order chi connectivity index (χ1) is 9.40. The van der Waals surface area contributed by atoms with Crippen molar-refractivity contribution in [3.8, 4) is 0 Å². The van der Waals surface area contributed by atoms with Crippen molar-refractivity contribution in [2.75, 3.05) is 0 Å². The minimum absolute atomic E-state index is 0.237. The van der Waals surface area contributed by atoms with Gasteiger partial charge in [-0.25, -0.2) is 4.39 Å². The Labute approximate surface area is 121 Å². The van der Waals surface area contributed by atoms with E-state index in [2.05, 4.69) is 10.4 Å². The molecule has 0 fully saturated rings. The highest BCUT2D eigenvalue weighted by molar-refractivity contribution is 6.33. The summed E-state index contributed by atoms with van der Waals surface area (Å²) in [7, 11) is 1.67. The second kappa shape index (κ2) is 5.63. The normalized spacial score (nSPS) is 10.7. The summed E-state index contributed by atoms with van der Waals surface area (Å²) in [6.45, 7) is 3.64. The molecule has 0 atom stereocenters. The second-order valence-corrected chi connectivity index (χ2v) is 5.00. The molecule has 6 heteroatoms. The molecule has 2 aromatic rings. The quantitative estimate of drug-likeness (QED) is 0.946. The van der Waals surface area contributed by atoms with E-state index >= 15 is 0 Å². The van der Waals surface area contributed by atoms with Gasteiger partial charge in [-0.2, -0.15) is 5.10 Å². The molecule has 20 heavy (non-hydrogen) atoms. The largest absolute Gasteiger partial charge is 0.348 e. The van der Waals surface area contributed by atoms with E-state index in [1.807, 2.05) is 0 Å². The van der Waals surface area contributed by atoms with Crippen LogP contribution in [0, 0.1) is 19.7 Å². The molecule has 1 N–H and O–H groups in total. The van der Waals surface area contributed by atoms with Gasteiger partial charge in [-0.15, -0.1) is 0 Å². The number of aromatic nitrogens is 2. The Morgan fingerprint density at radius 3 is 2.70 bits per heavy atom. The van der Waals surface area contributed by atoms with Crippen molar-refractivity contribution in [2.45, 2.75) is 20.4 Å².